The third-order valence-electron chi connectivity index (χ3n) is 2.44. The van der Waals surface area contributed by atoms with Crippen LogP contribution in [0.5, 0.6) is 0 Å². The summed E-state index contributed by atoms with van der Waals surface area (Å²) in [5, 5.41) is 3.40. The van der Waals surface area contributed by atoms with Gasteiger partial charge >= 0.3 is 0 Å². The van der Waals surface area contributed by atoms with Crippen molar-refractivity contribution in [3.8, 4) is 0 Å². The summed E-state index contributed by atoms with van der Waals surface area (Å²) in [4.78, 5) is 6.96. The van der Waals surface area contributed by atoms with Gasteiger partial charge in [0.25, 0.3) is 0 Å². The summed E-state index contributed by atoms with van der Waals surface area (Å²) in [6, 6.07) is 6.16. The summed E-state index contributed by atoms with van der Waals surface area (Å²) >= 11 is 0. The number of rotatable bonds is 5. The van der Waals surface area contributed by atoms with Gasteiger partial charge in [-0.25, -0.2) is 4.98 Å². The number of hydrogen-bond donors (Lipinski definition) is 1. The van der Waals surface area contributed by atoms with Crippen LogP contribution in [0.4, 0.5) is 11.6 Å². The highest BCUT2D eigenvalue weighted by molar-refractivity contribution is 5.47. The van der Waals surface area contributed by atoms with Crippen LogP contribution in [0.15, 0.2) is 18.2 Å². The highest BCUT2D eigenvalue weighted by Crippen LogP contribution is 2.17. The van der Waals surface area contributed by atoms with E-state index in [2.05, 4.69) is 62.0 Å². The van der Waals surface area contributed by atoms with Gasteiger partial charge in [-0.3, -0.25) is 0 Å². The molecular weight excluding hydrogens is 210 g/mol. The van der Waals surface area contributed by atoms with Gasteiger partial charge in [0.15, 0.2) is 0 Å². The van der Waals surface area contributed by atoms with Crippen LogP contribution in [-0.2, 0) is 0 Å². The smallest absolute Gasteiger partial charge is 0.130 e. The maximum absolute atomic E-state index is 4.66. The predicted molar refractivity (Wildman–Crippen MR) is 75.8 cm³/mol. The van der Waals surface area contributed by atoms with Crippen molar-refractivity contribution in [2.24, 2.45) is 0 Å². The van der Waals surface area contributed by atoms with Crippen molar-refractivity contribution in [2.45, 2.75) is 46.6 Å². The zero-order valence-electron chi connectivity index (χ0n) is 11.7. The third kappa shape index (κ3) is 4.63. The van der Waals surface area contributed by atoms with Crippen LogP contribution < -0.4 is 10.2 Å². The van der Waals surface area contributed by atoms with E-state index in [1.54, 1.807) is 0 Å². The van der Waals surface area contributed by atoms with Crippen LogP contribution in [0.2, 0.25) is 0 Å². The topological polar surface area (TPSA) is 28.2 Å². The van der Waals surface area contributed by atoms with E-state index in [1.807, 2.05) is 6.07 Å². The van der Waals surface area contributed by atoms with Gasteiger partial charge in [0, 0.05) is 18.6 Å². The Hall–Kier alpha value is -1.25. The largest absolute Gasteiger partial charge is 0.365 e. The van der Waals surface area contributed by atoms with Gasteiger partial charge < -0.3 is 10.2 Å². The lowest BCUT2D eigenvalue weighted by molar-refractivity contribution is 0.630. The minimum absolute atomic E-state index is 0.0490. The monoisotopic (exact) mass is 235 g/mol. The molecule has 0 fully saturated rings. The number of hydrogen-bond acceptors (Lipinski definition) is 3. The lowest BCUT2D eigenvalue weighted by Crippen LogP contribution is -2.28. The third-order valence-corrected chi connectivity index (χ3v) is 2.44. The molecule has 0 aliphatic rings. The highest BCUT2D eigenvalue weighted by atomic mass is 15.2. The lowest BCUT2D eigenvalue weighted by Gasteiger charge is -2.24. The number of nitrogens with one attached hydrogen (secondary N) is 1. The first-order valence-electron chi connectivity index (χ1n) is 6.46. The maximum Gasteiger partial charge on any atom is 0.130 e. The normalized spacial score (nSPS) is 11.4. The molecule has 0 aliphatic heterocycles. The first-order chi connectivity index (χ1) is 7.96. The minimum Gasteiger partial charge on any atom is -0.365 e. The molecule has 1 rings (SSSR count). The molecule has 1 heterocycles. The molecule has 0 amide bonds. The molecule has 96 valence electrons. The van der Waals surface area contributed by atoms with Crippen molar-refractivity contribution in [3.63, 3.8) is 0 Å². The second kappa shape index (κ2) is 5.89. The number of aromatic nitrogens is 1. The Kier molecular flexibility index (Phi) is 4.79. The first kappa shape index (κ1) is 13.8. The van der Waals surface area contributed by atoms with Gasteiger partial charge in [-0.2, -0.15) is 0 Å². The van der Waals surface area contributed by atoms with Crippen LogP contribution in [-0.4, -0.2) is 23.6 Å². The van der Waals surface area contributed by atoms with Crippen molar-refractivity contribution in [1.29, 1.82) is 0 Å². The Labute approximate surface area is 105 Å². The molecule has 0 saturated carbocycles. The summed E-state index contributed by atoms with van der Waals surface area (Å²) in [6.45, 7) is 12.9. The lowest BCUT2D eigenvalue weighted by atomic mass is 10.1. The average molecular weight is 235 g/mol. The van der Waals surface area contributed by atoms with Crippen molar-refractivity contribution < 1.29 is 0 Å². The maximum atomic E-state index is 4.66. The van der Waals surface area contributed by atoms with Crippen LogP contribution in [0.3, 0.4) is 0 Å². The molecule has 0 atom stereocenters. The molecule has 0 radical (unpaired) electrons. The Morgan fingerprint density at radius 3 is 2.47 bits per heavy atom. The Morgan fingerprint density at radius 2 is 1.94 bits per heavy atom. The second-order valence-corrected chi connectivity index (χ2v) is 5.34. The molecule has 1 N–H and O–H groups in total. The number of nitrogens with zero attached hydrogens (tertiary/aromatic N) is 2. The van der Waals surface area contributed by atoms with Gasteiger partial charge in [-0.1, -0.05) is 13.0 Å². The molecular formula is C14H25N3. The fraction of sp³-hybridized carbons (Fsp3) is 0.643. The van der Waals surface area contributed by atoms with E-state index < -0.39 is 0 Å². The molecule has 3 nitrogen and oxygen atoms in total. The molecule has 17 heavy (non-hydrogen) atoms. The van der Waals surface area contributed by atoms with Gasteiger partial charge in [-0.05, 0) is 46.2 Å². The number of pyridine rings is 1. The summed E-state index contributed by atoms with van der Waals surface area (Å²) in [5.41, 5.74) is 0.0490. The summed E-state index contributed by atoms with van der Waals surface area (Å²) < 4.78 is 0. The standard InChI is InChI=1S/C14H25N3/c1-6-11-17(7-2)13-10-8-9-12(15-13)16-14(3,4)5/h8-10H,6-7,11H2,1-5H3,(H,15,16). The zero-order chi connectivity index (χ0) is 12.9. The molecule has 0 aliphatic carbocycles. The molecule has 0 unspecified atom stereocenters. The first-order valence-corrected chi connectivity index (χ1v) is 6.46. The van der Waals surface area contributed by atoms with Gasteiger partial charge in [-0.15, -0.1) is 0 Å². The van der Waals surface area contributed by atoms with Gasteiger partial charge in [0.2, 0.25) is 0 Å². The summed E-state index contributed by atoms with van der Waals surface area (Å²) in [7, 11) is 0. The molecule has 3 heteroatoms. The van der Waals surface area contributed by atoms with Crippen LogP contribution in [0, 0.1) is 0 Å². The van der Waals surface area contributed by atoms with Gasteiger partial charge in [0.05, 0.1) is 0 Å². The highest BCUT2D eigenvalue weighted by Gasteiger charge is 2.11. The van der Waals surface area contributed by atoms with Crippen LogP contribution in [0.25, 0.3) is 0 Å². The SMILES string of the molecule is CCCN(CC)c1cccc(NC(C)(C)C)n1. The van der Waals surface area contributed by atoms with E-state index in [4.69, 9.17) is 0 Å². The Bertz CT molecular complexity index is 342. The quantitative estimate of drug-likeness (QED) is 0.846. The van der Waals surface area contributed by atoms with E-state index in [9.17, 15) is 0 Å². The number of anilines is 2. The zero-order valence-corrected chi connectivity index (χ0v) is 11.7. The van der Waals surface area contributed by atoms with Crippen LogP contribution >= 0.6 is 0 Å². The molecule has 1 aromatic rings. The summed E-state index contributed by atoms with van der Waals surface area (Å²) in [6.07, 6.45) is 1.15. The molecule has 0 bridgehead atoms. The summed E-state index contributed by atoms with van der Waals surface area (Å²) in [5.74, 6) is 2.01. The minimum atomic E-state index is 0.0490. The van der Waals surface area contributed by atoms with E-state index in [1.165, 1.54) is 0 Å². The van der Waals surface area contributed by atoms with Crippen molar-refractivity contribution in [1.82, 2.24) is 4.98 Å². The molecule has 0 aromatic carbocycles. The molecule has 0 spiro atoms. The van der Waals surface area contributed by atoms with Crippen molar-refractivity contribution in [3.05, 3.63) is 18.2 Å². The van der Waals surface area contributed by atoms with E-state index in [0.717, 1.165) is 31.1 Å². The fourth-order valence-corrected chi connectivity index (χ4v) is 1.76. The van der Waals surface area contributed by atoms with Crippen molar-refractivity contribution in [2.75, 3.05) is 23.3 Å². The van der Waals surface area contributed by atoms with Crippen molar-refractivity contribution >= 4 is 11.6 Å². The van der Waals surface area contributed by atoms with E-state index in [0.29, 0.717) is 0 Å². The Balaban J connectivity index is 2.84. The molecule has 1 aromatic heterocycles. The predicted octanol–water partition coefficient (Wildman–Crippen LogP) is 3.53. The second-order valence-electron chi connectivity index (χ2n) is 5.34. The van der Waals surface area contributed by atoms with Crippen LogP contribution in [0.1, 0.15) is 41.0 Å². The molecule has 0 saturated heterocycles. The Morgan fingerprint density at radius 1 is 1.24 bits per heavy atom. The van der Waals surface area contributed by atoms with E-state index in [-0.39, 0.29) is 5.54 Å². The average Bonchev–Trinajstić information content (AvgIpc) is 2.24. The van der Waals surface area contributed by atoms with Gasteiger partial charge in [0.1, 0.15) is 11.6 Å². The van der Waals surface area contributed by atoms with E-state index >= 15 is 0 Å². The fourth-order valence-electron chi connectivity index (χ4n) is 1.76.